The lowest BCUT2D eigenvalue weighted by molar-refractivity contribution is 0.355. The molecular formula is C23H22BrN3O2. The molecule has 2 aromatic carbocycles. The molecular weight excluding hydrogens is 430 g/mol. The maximum Gasteiger partial charge on any atom is 0.161 e. The number of halogens is 1. The zero-order valence-corrected chi connectivity index (χ0v) is 18.2. The topological polar surface area (TPSA) is 55.7 Å². The minimum Gasteiger partial charge on any atom is -0.493 e. The largest absolute Gasteiger partial charge is 0.493 e. The Kier molecular flexibility index (Phi) is 5.53. The van der Waals surface area contributed by atoms with Gasteiger partial charge in [-0.3, -0.25) is 4.98 Å². The number of hydrazone groups is 1. The molecule has 29 heavy (non-hydrogen) atoms. The van der Waals surface area contributed by atoms with Crippen LogP contribution in [0.25, 0.3) is 11.3 Å². The SMILES string of the molecule is COc1ccc(-c2ccc(C3=NNC(c4ccc(Br)cc4)C3)c(C)n2)cc1OC. The van der Waals surface area contributed by atoms with E-state index in [9.17, 15) is 0 Å². The first-order chi connectivity index (χ1) is 14.1. The van der Waals surface area contributed by atoms with Crippen LogP contribution in [0.1, 0.15) is 29.3 Å². The predicted octanol–water partition coefficient (Wildman–Crippen LogP) is 5.28. The Bertz CT molecular complexity index is 1060. The number of hydrogen-bond donors (Lipinski definition) is 1. The van der Waals surface area contributed by atoms with Crippen molar-refractivity contribution in [1.29, 1.82) is 0 Å². The second-order valence-corrected chi connectivity index (χ2v) is 7.81. The summed E-state index contributed by atoms with van der Waals surface area (Å²) >= 11 is 3.48. The number of benzene rings is 2. The summed E-state index contributed by atoms with van der Waals surface area (Å²) in [6, 6.07) is 18.5. The zero-order chi connectivity index (χ0) is 20.4. The normalized spacial score (nSPS) is 15.6. The van der Waals surface area contributed by atoms with Crippen molar-refractivity contribution in [3.8, 4) is 22.8 Å². The molecule has 1 N–H and O–H groups in total. The number of nitrogens with one attached hydrogen (secondary N) is 1. The molecule has 0 bridgehead atoms. The van der Waals surface area contributed by atoms with E-state index in [1.807, 2.05) is 31.2 Å². The van der Waals surface area contributed by atoms with E-state index >= 15 is 0 Å². The summed E-state index contributed by atoms with van der Waals surface area (Å²) in [5.74, 6) is 1.39. The molecule has 1 aliphatic rings. The lowest BCUT2D eigenvalue weighted by Crippen LogP contribution is -2.10. The minimum absolute atomic E-state index is 0.183. The van der Waals surface area contributed by atoms with Crippen LogP contribution in [0.2, 0.25) is 0 Å². The molecule has 1 aromatic heterocycles. The molecule has 2 heterocycles. The van der Waals surface area contributed by atoms with Gasteiger partial charge in [0.15, 0.2) is 11.5 Å². The summed E-state index contributed by atoms with van der Waals surface area (Å²) in [5.41, 5.74) is 9.41. The van der Waals surface area contributed by atoms with Crippen molar-refractivity contribution < 1.29 is 9.47 Å². The smallest absolute Gasteiger partial charge is 0.161 e. The minimum atomic E-state index is 0.183. The molecule has 1 unspecified atom stereocenters. The van der Waals surface area contributed by atoms with Gasteiger partial charge in [-0.05, 0) is 55.0 Å². The van der Waals surface area contributed by atoms with Gasteiger partial charge >= 0.3 is 0 Å². The fraction of sp³-hybridized carbons (Fsp3) is 0.217. The molecule has 0 aliphatic carbocycles. The number of aromatic nitrogens is 1. The van der Waals surface area contributed by atoms with Crippen LogP contribution in [-0.4, -0.2) is 24.9 Å². The van der Waals surface area contributed by atoms with Gasteiger partial charge in [-0.2, -0.15) is 5.10 Å². The average molecular weight is 452 g/mol. The van der Waals surface area contributed by atoms with E-state index in [2.05, 4.69) is 56.8 Å². The fourth-order valence-corrected chi connectivity index (χ4v) is 3.78. The monoisotopic (exact) mass is 451 g/mol. The van der Waals surface area contributed by atoms with Gasteiger partial charge < -0.3 is 14.9 Å². The van der Waals surface area contributed by atoms with E-state index in [4.69, 9.17) is 14.5 Å². The third kappa shape index (κ3) is 3.98. The molecule has 148 valence electrons. The first-order valence-corrected chi connectivity index (χ1v) is 10.2. The molecule has 3 aromatic rings. The first kappa shape index (κ1) is 19.5. The van der Waals surface area contributed by atoms with Crippen LogP contribution in [0.3, 0.4) is 0 Å². The van der Waals surface area contributed by atoms with Crippen molar-refractivity contribution in [1.82, 2.24) is 10.4 Å². The Balaban J connectivity index is 1.56. The van der Waals surface area contributed by atoms with Crippen molar-refractivity contribution in [3.05, 3.63) is 75.9 Å². The highest BCUT2D eigenvalue weighted by Crippen LogP contribution is 2.32. The fourth-order valence-electron chi connectivity index (χ4n) is 3.52. The van der Waals surface area contributed by atoms with Crippen LogP contribution < -0.4 is 14.9 Å². The van der Waals surface area contributed by atoms with Gasteiger partial charge in [0.1, 0.15) is 0 Å². The Morgan fingerprint density at radius 2 is 1.72 bits per heavy atom. The number of ether oxygens (including phenoxy) is 2. The van der Waals surface area contributed by atoms with Gasteiger partial charge in [0.05, 0.1) is 31.7 Å². The maximum absolute atomic E-state index is 5.41. The van der Waals surface area contributed by atoms with Gasteiger partial charge in [0.25, 0.3) is 0 Å². The van der Waals surface area contributed by atoms with Gasteiger partial charge in [-0.25, -0.2) is 0 Å². The van der Waals surface area contributed by atoms with Crippen LogP contribution in [0.15, 0.2) is 64.2 Å². The highest BCUT2D eigenvalue weighted by atomic mass is 79.9. The average Bonchev–Trinajstić information content (AvgIpc) is 3.23. The highest BCUT2D eigenvalue weighted by molar-refractivity contribution is 9.10. The summed E-state index contributed by atoms with van der Waals surface area (Å²) < 4.78 is 11.8. The summed E-state index contributed by atoms with van der Waals surface area (Å²) in [4.78, 5) is 4.82. The molecule has 5 nitrogen and oxygen atoms in total. The number of aryl methyl sites for hydroxylation is 1. The maximum atomic E-state index is 5.41. The molecule has 1 aliphatic heterocycles. The third-order valence-corrected chi connectivity index (χ3v) is 5.63. The zero-order valence-electron chi connectivity index (χ0n) is 16.6. The van der Waals surface area contributed by atoms with Crippen molar-refractivity contribution in [2.45, 2.75) is 19.4 Å². The Morgan fingerprint density at radius 1 is 0.966 bits per heavy atom. The molecule has 0 saturated heterocycles. The van der Waals surface area contributed by atoms with Gasteiger partial charge in [0, 0.05) is 27.7 Å². The molecule has 0 spiro atoms. The Morgan fingerprint density at radius 3 is 2.41 bits per heavy atom. The van der Waals surface area contributed by atoms with Crippen LogP contribution in [0.4, 0.5) is 0 Å². The number of hydrogen-bond acceptors (Lipinski definition) is 5. The van der Waals surface area contributed by atoms with E-state index in [1.54, 1.807) is 14.2 Å². The summed E-state index contributed by atoms with van der Waals surface area (Å²) in [5, 5.41) is 4.58. The molecule has 4 rings (SSSR count). The highest BCUT2D eigenvalue weighted by Gasteiger charge is 2.22. The molecule has 0 saturated carbocycles. The summed E-state index contributed by atoms with van der Waals surface area (Å²) in [6.07, 6.45) is 0.833. The van der Waals surface area contributed by atoms with Crippen LogP contribution in [0, 0.1) is 6.92 Å². The summed E-state index contributed by atoms with van der Waals surface area (Å²) in [6.45, 7) is 2.02. The standard InChI is InChI=1S/C23H22BrN3O2/c1-14-18(21-13-20(26-27-21)15-4-7-17(24)8-5-15)9-10-19(25-14)16-6-11-22(28-2)23(12-16)29-3/h4-12,20,26H,13H2,1-3H3. The molecule has 0 amide bonds. The van der Waals surface area contributed by atoms with Gasteiger partial charge in [-0.1, -0.05) is 28.1 Å². The second kappa shape index (κ2) is 8.25. The summed E-state index contributed by atoms with van der Waals surface area (Å²) in [7, 11) is 3.27. The lowest BCUT2D eigenvalue weighted by Gasteiger charge is -2.12. The molecule has 1 atom stereocenters. The first-order valence-electron chi connectivity index (χ1n) is 9.37. The van der Waals surface area contributed by atoms with Crippen molar-refractivity contribution in [2.75, 3.05) is 14.2 Å². The number of methoxy groups -OCH3 is 2. The third-order valence-electron chi connectivity index (χ3n) is 5.10. The van der Waals surface area contributed by atoms with E-state index in [0.717, 1.165) is 39.1 Å². The van der Waals surface area contributed by atoms with Crippen LogP contribution in [0.5, 0.6) is 11.5 Å². The lowest BCUT2D eigenvalue weighted by atomic mass is 9.98. The predicted molar refractivity (Wildman–Crippen MR) is 119 cm³/mol. The van der Waals surface area contributed by atoms with Crippen molar-refractivity contribution >= 4 is 21.6 Å². The van der Waals surface area contributed by atoms with Crippen molar-refractivity contribution in [3.63, 3.8) is 0 Å². The number of pyridine rings is 1. The van der Waals surface area contributed by atoms with Crippen LogP contribution in [-0.2, 0) is 0 Å². The van der Waals surface area contributed by atoms with E-state index < -0.39 is 0 Å². The quantitative estimate of drug-likeness (QED) is 0.573. The molecule has 0 fully saturated rings. The number of nitrogens with zero attached hydrogens (tertiary/aromatic N) is 2. The molecule has 6 heteroatoms. The van der Waals surface area contributed by atoms with Crippen LogP contribution >= 0.6 is 15.9 Å². The van der Waals surface area contributed by atoms with E-state index in [-0.39, 0.29) is 6.04 Å². The van der Waals surface area contributed by atoms with Gasteiger partial charge in [-0.15, -0.1) is 0 Å². The van der Waals surface area contributed by atoms with E-state index in [0.29, 0.717) is 11.5 Å². The van der Waals surface area contributed by atoms with E-state index in [1.165, 1.54) is 5.56 Å². The Hall–Kier alpha value is -2.86. The van der Waals surface area contributed by atoms with Gasteiger partial charge in [0.2, 0.25) is 0 Å². The van der Waals surface area contributed by atoms with Crippen molar-refractivity contribution in [2.24, 2.45) is 5.10 Å². The number of rotatable bonds is 5. The molecule has 0 radical (unpaired) electrons. The Labute approximate surface area is 178 Å². The second-order valence-electron chi connectivity index (χ2n) is 6.90.